The summed E-state index contributed by atoms with van der Waals surface area (Å²) >= 11 is 2.84. The second-order valence-electron chi connectivity index (χ2n) is 1.63. The summed E-state index contributed by atoms with van der Waals surface area (Å²) < 4.78 is 12.6. The van der Waals surface area contributed by atoms with Crippen LogP contribution in [0.3, 0.4) is 0 Å². The summed E-state index contributed by atoms with van der Waals surface area (Å²) in [6, 6.07) is 0. The van der Waals surface area contributed by atoms with Crippen molar-refractivity contribution in [3.05, 3.63) is 22.2 Å². The van der Waals surface area contributed by atoms with Crippen LogP contribution in [-0.4, -0.2) is 16.1 Å². The highest BCUT2D eigenvalue weighted by Gasteiger charge is 2.15. The van der Waals surface area contributed by atoms with E-state index >= 15 is 0 Å². The number of H-pyrrole nitrogens is 1. The molecule has 0 radical (unpaired) electrons. The highest BCUT2D eigenvalue weighted by atomic mass is 79.9. The predicted molar refractivity (Wildman–Crippen MR) is 35.4 cm³/mol. The smallest absolute Gasteiger partial charge is 0.341 e. The van der Waals surface area contributed by atoms with Crippen molar-refractivity contribution in [1.29, 1.82) is 0 Å². The first-order chi connectivity index (χ1) is 4.63. The Labute approximate surface area is 64.0 Å². The molecule has 0 aliphatic carbocycles. The highest BCUT2D eigenvalue weighted by Crippen LogP contribution is 2.17. The van der Waals surface area contributed by atoms with Gasteiger partial charge in [0.1, 0.15) is 5.56 Å². The SMILES string of the molecule is O=C(O)c1c(F)c[nH]c1Br. The van der Waals surface area contributed by atoms with Crippen LogP contribution in [0.25, 0.3) is 0 Å². The molecule has 5 heteroatoms. The first kappa shape index (κ1) is 7.27. The number of aromatic amines is 1. The standard InChI is InChI=1S/C5H3BrFNO2/c6-4-3(5(9)10)2(7)1-8-4/h1,8H,(H,9,10). The van der Waals surface area contributed by atoms with Crippen LogP contribution in [0.15, 0.2) is 10.8 Å². The van der Waals surface area contributed by atoms with Gasteiger partial charge in [-0.25, -0.2) is 9.18 Å². The number of rotatable bonds is 1. The van der Waals surface area contributed by atoms with Crippen molar-refractivity contribution < 1.29 is 14.3 Å². The quantitative estimate of drug-likeness (QED) is 0.736. The van der Waals surface area contributed by atoms with Crippen LogP contribution >= 0.6 is 15.9 Å². The third-order valence-electron chi connectivity index (χ3n) is 0.998. The van der Waals surface area contributed by atoms with E-state index in [0.717, 1.165) is 6.20 Å². The van der Waals surface area contributed by atoms with Crippen molar-refractivity contribution in [1.82, 2.24) is 4.98 Å². The molecule has 0 fully saturated rings. The van der Waals surface area contributed by atoms with Crippen molar-refractivity contribution in [2.75, 3.05) is 0 Å². The van der Waals surface area contributed by atoms with Crippen LogP contribution in [0, 0.1) is 5.82 Å². The lowest BCUT2D eigenvalue weighted by atomic mass is 10.3. The average Bonchev–Trinajstić information content (AvgIpc) is 2.11. The van der Waals surface area contributed by atoms with E-state index in [2.05, 4.69) is 20.9 Å². The van der Waals surface area contributed by atoms with Crippen LogP contribution in [0.2, 0.25) is 0 Å². The van der Waals surface area contributed by atoms with E-state index in [4.69, 9.17) is 5.11 Å². The molecule has 1 rings (SSSR count). The zero-order valence-electron chi connectivity index (χ0n) is 4.69. The lowest BCUT2D eigenvalue weighted by molar-refractivity contribution is 0.0691. The minimum Gasteiger partial charge on any atom is -0.477 e. The molecule has 0 atom stereocenters. The number of carboxylic acid groups (broad SMARTS) is 1. The van der Waals surface area contributed by atoms with Gasteiger partial charge in [0, 0.05) is 6.20 Å². The fourth-order valence-corrected chi connectivity index (χ4v) is 1.05. The van der Waals surface area contributed by atoms with Gasteiger partial charge in [0.05, 0.1) is 4.60 Å². The van der Waals surface area contributed by atoms with Gasteiger partial charge in [0.15, 0.2) is 5.82 Å². The van der Waals surface area contributed by atoms with E-state index in [9.17, 15) is 9.18 Å². The molecule has 0 aliphatic heterocycles. The zero-order valence-corrected chi connectivity index (χ0v) is 6.27. The molecule has 2 N–H and O–H groups in total. The van der Waals surface area contributed by atoms with Crippen LogP contribution in [-0.2, 0) is 0 Å². The Morgan fingerprint density at radius 2 is 2.40 bits per heavy atom. The zero-order chi connectivity index (χ0) is 7.72. The van der Waals surface area contributed by atoms with E-state index in [1.165, 1.54) is 0 Å². The molecular formula is C5H3BrFNO2. The summed E-state index contributed by atoms with van der Waals surface area (Å²) in [4.78, 5) is 12.6. The van der Waals surface area contributed by atoms with E-state index in [-0.39, 0.29) is 10.2 Å². The molecule has 0 saturated heterocycles. The third kappa shape index (κ3) is 1.04. The van der Waals surface area contributed by atoms with Gasteiger partial charge < -0.3 is 10.1 Å². The highest BCUT2D eigenvalue weighted by molar-refractivity contribution is 9.10. The number of nitrogens with one attached hydrogen (secondary N) is 1. The van der Waals surface area contributed by atoms with E-state index in [1.807, 2.05) is 0 Å². The molecule has 0 aliphatic rings. The molecule has 3 nitrogen and oxygen atoms in total. The molecule has 54 valence electrons. The predicted octanol–water partition coefficient (Wildman–Crippen LogP) is 1.61. The minimum atomic E-state index is -1.29. The second kappa shape index (κ2) is 2.42. The molecule has 0 amide bonds. The molecule has 0 bridgehead atoms. The second-order valence-corrected chi connectivity index (χ2v) is 2.42. The van der Waals surface area contributed by atoms with Crippen molar-refractivity contribution >= 4 is 21.9 Å². The van der Waals surface area contributed by atoms with E-state index in [1.54, 1.807) is 0 Å². The summed E-state index contributed by atoms with van der Waals surface area (Å²) in [7, 11) is 0. The summed E-state index contributed by atoms with van der Waals surface area (Å²) in [6.07, 6.45) is 0.980. The van der Waals surface area contributed by atoms with Crippen molar-refractivity contribution in [2.24, 2.45) is 0 Å². The van der Waals surface area contributed by atoms with E-state index < -0.39 is 11.8 Å². The summed E-state index contributed by atoms with van der Waals surface area (Å²) in [5, 5.41) is 8.35. The monoisotopic (exact) mass is 207 g/mol. The Bertz CT molecular complexity index is 251. The maximum atomic E-state index is 12.4. The van der Waals surface area contributed by atoms with Gasteiger partial charge in [-0.15, -0.1) is 0 Å². The molecule has 0 aromatic carbocycles. The fourth-order valence-electron chi connectivity index (χ4n) is 0.572. The maximum absolute atomic E-state index is 12.4. The number of hydrogen-bond donors (Lipinski definition) is 2. The molecule has 1 heterocycles. The Hall–Kier alpha value is -0.840. The van der Waals surface area contributed by atoms with Gasteiger partial charge in [-0.3, -0.25) is 0 Å². The average molecular weight is 208 g/mol. The third-order valence-corrected chi connectivity index (χ3v) is 1.62. The van der Waals surface area contributed by atoms with Crippen molar-refractivity contribution in [3.63, 3.8) is 0 Å². The number of aromatic nitrogens is 1. The van der Waals surface area contributed by atoms with Gasteiger partial charge >= 0.3 is 5.97 Å². The van der Waals surface area contributed by atoms with Crippen LogP contribution < -0.4 is 0 Å². The summed E-state index contributed by atoms with van der Waals surface area (Å²) in [5.74, 6) is -2.05. The van der Waals surface area contributed by atoms with Crippen molar-refractivity contribution in [3.8, 4) is 0 Å². The normalized spacial score (nSPS) is 9.80. The molecule has 1 aromatic rings. The van der Waals surface area contributed by atoms with Gasteiger partial charge in [0.25, 0.3) is 0 Å². The number of carbonyl (C=O) groups is 1. The molecule has 10 heavy (non-hydrogen) atoms. The van der Waals surface area contributed by atoms with Crippen LogP contribution in [0.5, 0.6) is 0 Å². The Kier molecular flexibility index (Phi) is 1.76. The van der Waals surface area contributed by atoms with Crippen LogP contribution in [0.4, 0.5) is 4.39 Å². The summed E-state index contributed by atoms with van der Waals surface area (Å²) in [5.41, 5.74) is -0.361. The first-order valence-electron chi connectivity index (χ1n) is 2.38. The lowest BCUT2D eigenvalue weighted by Crippen LogP contribution is -1.97. The van der Waals surface area contributed by atoms with Crippen LogP contribution in [0.1, 0.15) is 10.4 Å². The number of hydrogen-bond acceptors (Lipinski definition) is 1. The Morgan fingerprint density at radius 3 is 2.60 bits per heavy atom. The molecule has 0 spiro atoms. The van der Waals surface area contributed by atoms with Gasteiger partial charge in [0.2, 0.25) is 0 Å². The number of halogens is 2. The molecule has 1 aromatic heterocycles. The summed E-state index contributed by atoms with van der Waals surface area (Å²) in [6.45, 7) is 0. The van der Waals surface area contributed by atoms with E-state index in [0.29, 0.717) is 0 Å². The topological polar surface area (TPSA) is 53.1 Å². The fraction of sp³-hybridized carbons (Fsp3) is 0. The molecule has 0 saturated carbocycles. The number of aromatic carboxylic acids is 1. The number of carboxylic acids is 1. The Balaban J connectivity index is 3.23. The largest absolute Gasteiger partial charge is 0.477 e. The maximum Gasteiger partial charge on any atom is 0.341 e. The van der Waals surface area contributed by atoms with Gasteiger partial charge in [-0.1, -0.05) is 0 Å². The molecular weight excluding hydrogens is 205 g/mol. The van der Waals surface area contributed by atoms with Gasteiger partial charge in [-0.05, 0) is 15.9 Å². The van der Waals surface area contributed by atoms with Crippen molar-refractivity contribution in [2.45, 2.75) is 0 Å². The van der Waals surface area contributed by atoms with Gasteiger partial charge in [-0.2, -0.15) is 0 Å². The Morgan fingerprint density at radius 1 is 1.80 bits per heavy atom. The lowest BCUT2D eigenvalue weighted by Gasteiger charge is -1.87. The minimum absolute atomic E-state index is 0.150. The first-order valence-corrected chi connectivity index (χ1v) is 3.18. The molecule has 0 unspecified atom stereocenters.